The number of nitrogens with zero attached hydrogens (tertiary/aromatic N) is 4. The summed E-state index contributed by atoms with van der Waals surface area (Å²) in [6.45, 7) is 8.41. The van der Waals surface area contributed by atoms with Gasteiger partial charge in [-0.1, -0.05) is 6.92 Å². The second-order valence-electron chi connectivity index (χ2n) is 6.18. The second kappa shape index (κ2) is 9.63. The zero-order valence-corrected chi connectivity index (χ0v) is 16.5. The van der Waals surface area contributed by atoms with E-state index in [9.17, 15) is 9.59 Å². The summed E-state index contributed by atoms with van der Waals surface area (Å²) in [5, 5.41) is 5.75. The fourth-order valence-electron chi connectivity index (χ4n) is 2.57. The van der Waals surface area contributed by atoms with Crippen molar-refractivity contribution < 1.29 is 9.59 Å². The second-order valence-corrected chi connectivity index (χ2v) is 6.18. The van der Waals surface area contributed by atoms with Crippen molar-refractivity contribution in [3.8, 4) is 0 Å². The molecule has 0 unspecified atom stereocenters. The number of amides is 2. The van der Waals surface area contributed by atoms with Gasteiger partial charge in [-0.2, -0.15) is 0 Å². The van der Waals surface area contributed by atoms with E-state index in [0.29, 0.717) is 42.4 Å². The van der Waals surface area contributed by atoms with Crippen LogP contribution >= 0.6 is 0 Å². The molecule has 0 bridgehead atoms. The molecule has 0 aliphatic carbocycles. The molecule has 0 aromatic carbocycles. The number of aryl methyl sites for hydroxylation is 1. The van der Waals surface area contributed by atoms with Crippen molar-refractivity contribution in [2.45, 2.75) is 26.7 Å². The Balaban J connectivity index is 2.34. The lowest BCUT2D eigenvalue weighted by molar-refractivity contribution is -0.116. The van der Waals surface area contributed by atoms with E-state index in [4.69, 9.17) is 5.73 Å². The summed E-state index contributed by atoms with van der Waals surface area (Å²) >= 11 is 0. The molecule has 0 atom stereocenters. The molecule has 149 valence electrons. The summed E-state index contributed by atoms with van der Waals surface area (Å²) in [4.78, 5) is 38.1. The summed E-state index contributed by atoms with van der Waals surface area (Å²) in [6, 6.07) is 3.57. The molecule has 0 saturated heterocycles. The first kappa shape index (κ1) is 21.1. The van der Waals surface area contributed by atoms with Gasteiger partial charge in [-0.05, 0) is 25.5 Å². The molecule has 4 N–H and O–H groups in total. The van der Waals surface area contributed by atoms with E-state index in [1.807, 2.05) is 31.9 Å². The molecule has 0 saturated carbocycles. The monoisotopic (exact) mass is 384 g/mol. The number of pyridine rings is 1. The van der Waals surface area contributed by atoms with Crippen LogP contribution in [0.3, 0.4) is 0 Å². The molecule has 0 spiro atoms. The van der Waals surface area contributed by atoms with Crippen molar-refractivity contribution in [1.29, 1.82) is 0 Å². The third-order valence-corrected chi connectivity index (χ3v) is 4.13. The highest BCUT2D eigenvalue weighted by Crippen LogP contribution is 2.24. The number of nitrogens with one attached hydrogen (secondary N) is 2. The van der Waals surface area contributed by atoms with Crippen LogP contribution in [0, 0.1) is 6.92 Å². The van der Waals surface area contributed by atoms with E-state index in [-0.39, 0.29) is 11.6 Å². The minimum absolute atomic E-state index is 0.0905. The predicted molar refractivity (Wildman–Crippen MR) is 108 cm³/mol. The van der Waals surface area contributed by atoms with Crippen LogP contribution in [0.5, 0.6) is 0 Å². The van der Waals surface area contributed by atoms with Crippen molar-refractivity contribution in [2.24, 2.45) is 5.73 Å². The van der Waals surface area contributed by atoms with E-state index in [1.165, 1.54) is 0 Å². The van der Waals surface area contributed by atoms with Crippen molar-refractivity contribution in [3.63, 3.8) is 0 Å². The molecule has 28 heavy (non-hydrogen) atoms. The van der Waals surface area contributed by atoms with Crippen LogP contribution in [-0.4, -0.2) is 46.9 Å². The van der Waals surface area contributed by atoms with Gasteiger partial charge in [0.2, 0.25) is 5.91 Å². The van der Waals surface area contributed by atoms with Crippen LogP contribution in [0.1, 0.15) is 35.7 Å². The normalized spacial score (nSPS) is 10.4. The van der Waals surface area contributed by atoms with Gasteiger partial charge in [0, 0.05) is 51.1 Å². The molecule has 2 amide bonds. The van der Waals surface area contributed by atoms with Crippen molar-refractivity contribution in [3.05, 3.63) is 42.3 Å². The molecule has 2 rings (SSSR count). The van der Waals surface area contributed by atoms with Crippen LogP contribution in [0.4, 0.5) is 17.3 Å². The predicted octanol–water partition coefficient (Wildman–Crippen LogP) is 1.23. The van der Waals surface area contributed by atoms with Gasteiger partial charge in [-0.15, -0.1) is 0 Å². The number of hydrogen-bond donors (Lipinski definition) is 3. The smallest absolute Gasteiger partial charge is 0.271 e. The highest BCUT2D eigenvalue weighted by molar-refractivity contribution is 5.96. The number of nitrogens with two attached hydrogens (primary N) is 1. The topological polar surface area (TPSA) is 126 Å². The summed E-state index contributed by atoms with van der Waals surface area (Å²) in [5.41, 5.74) is 7.78. The molecule has 9 nitrogen and oxygen atoms in total. The molecule has 0 fully saturated rings. The minimum Gasteiger partial charge on any atom is -0.364 e. The van der Waals surface area contributed by atoms with Gasteiger partial charge >= 0.3 is 0 Å². The number of rotatable bonds is 9. The lowest BCUT2D eigenvalue weighted by Crippen LogP contribution is -2.24. The number of carbonyl (C=O) groups is 2. The Hall–Kier alpha value is -3.23. The Morgan fingerprint density at radius 3 is 2.64 bits per heavy atom. The Labute approximate surface area is 164 Å². The van der Waals surface area contributed by atoms with Gasteiger partial charge in [-0.3, -0.25) is 14.6 Å². The quantitative estimate of drug-likeness (QED) is 0.593. The highest BCUT2D eigenvalue weighted by atomic mass is 16.1. The van der Waals surface area contributed by atoms with Gasteiger partial charge in [0.05, 0.1) is 5.69 Å². The first-order valence-corrected chi connectivity index (χ1v) is 9.09. The van der Waals surface area contributed by atoms with Gasteiger partial charge in [0.25, 0.3) is 5.91 Å². The maximum Gasteiger partial charge on any atom is 0.271 e. The van der Waals surface area contributed by atoms with Crippen molar-refractivity contribution >= 4 is 29.1 Å². The van der Waals surface area contributed by atoms with Gasteiger partial charge in [0.1, 0.15) is 0 Å². The molecule has 0 aliphatic rings. The molecular formula is C19H26N7O2. The minimum atomic E-state index is -0.650. The SMILES string of the molecule is [CH2]C(=O)NCCc1cc(Nc2nc(N(C)CC)c(CC)nc2C(N)=O)ccn1. The van der Waals surface area contributed by atoms with E-state index in [0.717, 1.165) is 12.2 Å². The Bertz CT molecular complexity index is 854. The van der Waals surface area contributed by atoms with Gasteiger partial charge in [-0.25, -0.2) is 9.97 Å². The fourth-order valence-corrected chi connectivity index (χ4v) is 2.57. The average molecular weight is 384 g/mol. The number of hydrogen-bond acceptors (Lipinski definition) is 7. The molecule has 2 aromatic heterocycles. The van der Waals surface area contributed by atoms with Crippen molar-refractivity contribution in [1.82, 2.24) is 20.3 Å². The lowest BCUT2D eigenvalue weighted by Gasteiger charge is -2.20. The summed E-state index contributed by atoms with van der Waals surface area (Å²) in [6.07, 6.45) is 2.81. The maximum absolute atomic E-state index is 11.9. The van der Waals surface area contributed by atoms with Crippen LogP contribution in [0.15, 0.2) is 18.3 Å². The highest BCUT2D eigenvalue weighted by Gasteiger charge is 2.19. The van der Waals surface area contributed by atoms with Crippen molar-refractivity contribution in [2.75, 3.05) is 30.4 Å². The molecule has 1 radical (unpaired) electrons. The van der Waals surface area contributed by atoms with E-state index in [2.05, 4.69) is 32.5 Å². The summed E-state index contributed by atoms with van der Waals surface area (Å²) < 4.78 is 0. The van der Waals surface area contributed by atoms with Crippen LogP contribution in [-0.2, 0) is 17.6 Å². The van der Waals surface area contributed by atoms with Gasteiger partial charge < -0.3 is 21.3 Å². The molecule has 2 aromatic rings. The number of anilines is 3. The Kier molecular flexibility index (Phi) is 7.25. The molecule has 0 aliphatic heterocycles. The largest absolute Gasteiger partial charge is 0.364 e. The van der Waals surface area contributed by atoms with E-state index in [1.54, 1.807) is 12.3 Å². The van der Waals surface area contributed by atoms with E-state index < -0.39 is 5.91 Å². The van der Waals surface area contributed by atoms with Crippen LogP contribution < -0.4 is 21.3 Å². The lowest BCUT2D eigenvalue weighted by atomic mass is 10.2. The fraction of sp³-hybridized carbons (Fsp3) is 0.368. The third-order valence-electron chi connectivity index (χ3n) is 4.13. The summed E-state index contributed by atoms with van der Waals surface area (Å²) in [5.74, 6) is 0.00947. The number of primary amides is 1. The third kappa shape index (κ3) is 5.38. The first-order chi connectivity index (χ1) is 13.3. The van der Waals surface area contributed by atoms with Crippen LogP contribution in [0.25, 0.3) is 0 Å². The molecule has 2 heterocycles. The standard InChI is InChI=1S/C19H26N7O2/c1-5-15-19(26(4)6-2)25-18(16(24-15)17(20)28)23-14-8-10-22-13(11-14)7-9-21-12(3)27/h8,10-11H,3,5-7,9H2,1-2,4H3,(H2,20,28)(H,21,27)(H,22,23,25). The average Bonchev–Trinajstić information content (AvgIpc) is 2.66. The van der Waals surface area contributed by atoms with Crippen LogP contribution in [0.2, 0.25) is 0 Å². The molecule has 9 heteroatoms. The number of aromatic nitrogens is 3. The Morgan fingerprint density at radius 2 is 2.04 bits per heavy atom. The molecular weight excluding hydrogens is 358 g/mol. The zero-order chi connectivity index (χ0) is 20.7. The first-order valence-electron chi connectivity index (χ1n) is 9.09. The number of carbonyl (C=O) groups excluding carboxylic acids is 2. The zero-order valence-electron chi connectivity index (χ0n) is 16.5. The van der Waals surface area contributed by atoms with E-state index >= 15 is 0 Å². The Morgan fingerprint density at radius 1 is 1.29 bits per heavy atom. The van der Waals surface area contributed by atoms with Gasteiger partial charge in [0.15, 0.2) is 17.3 Å². The maximum atomic E-state index is 11.9. The summed E-state index contributed by atoms with van der Waals surface area (Å²) in [7, 11) is 1.91.